The molecule has 0 spiro atoms. The molecule has 0 radical (unpaired) electrons. The number of carbonyl (C=O) groups excluding carboxylic acids is 1. The molecule has 0 saturated carbocycles. The molecule has 0 aliphatic rings. The molecular weight excluding hydrogens is 344 g/mol. The van der Waals surface area contributed by atoms with E-state index in [9.17, 15) is 4.79 Å². The van der Waals surface area contributed by atoms with Crippen LogP contribution < -0.4 is 0 Å². The van der Waals surface area contributed by atoms with Crippen molar-refractivity contribution in [3.63, 3.8) is 0 Å². The molecule has 0 amide bonds. The molecule has 0 saturated heterocycles. The summed E-state index contributed by atoms with van der Waals surface area (Å²) in [6, 6.07) is 0. The van der Waals surface area contributed by atoms with Gasteiger partial charge in [-0.2, -0.15) is 0 Å². The second-order valence-corrected chi connectivity index (χ2v) is 8.62. The van der Waals surface area contributed by atoms with Crippen LogP contribution in [0, 0.1) is 5.92 Å². The molecule has 0 aromatic heterocycles. The highest BCUT2D eigenvalue weighted by Crippen LogP contribution is 2.12. The minimum absolute atomic E-state index is 0.0000287. The topological polar surface area (TPSA) is 26.3 Å². The second-order valence-electron chi connectivity index (χ2n) is 8.62. The summed E-state index contributed by atoms with van der Waals surface area (Å²) in [6.45, 7) is 7.28. The van der Waals surface area contributed by atoms with Crippen LogP contribution in [0.2, 0.25) is 0 Å². The Morgan fingerprint density at radius 2 is 1.21 bits per heavy atom. The summed E-state index contributed by atoms with van der Waals surface area (Å²) in [6.07, 6.45) is 27.0. The van der Waals surface area contributed by atoms with E-state index in [0.717, 1.165) is 12.8 Å². The Morgan fingerprint density at radius 3 is 1.82 bits per heavy atom. The number of allylic oxidation sites excluding steroid dienone is 2. The highest BCUT2D eigenvalue weighted by molar-refractivity contribution is 5.69. The van der Waals surface area contributed by atoms with E-state index in [0.29, 0.717) is 18.9 Å². The monoisotopic (exact) mass is 394 g/mol. The number of hydrogen-bond donors (Lipinski definition) is 0. The predicted octanol–water partition coefficient (Wildman–Crippen LogP) is 8.78. The highest BCUT2D eigenvalue weighted by atomic mass is 16.5. The zero-order chi connectivity index (χ0) is 20.7. The Kier molecular flexibility index (Phi) is 21.9. The van der Waals surface area contributed by atoms with Gasteiger partial charge in [0, 0.05) is 6.42 Å². The van der Waals surface area contributed by atoms with Crippen molar-refractivity contribution in [1.82, 2.24) is 0 Å². The Hall–Kier alpha value is -0.790. The summed E-state index contributed by atoms with van der Waals surface area (Å²) in [7, 11) is 0. The van der Waals surface area contributed by atoms with E-state index >= 15 is 0 Å². The molecule has 28 heavy (non-hydrogen) atoms. The third kappa shape index (κ3) is 21.5. The van der Waals surface area contributed by atoms with Gasteiger partial charge in [0.15, 0.2) is 0 Å². The Balaban J connectivity index is 3.29. The third-order valence-electron chi connectivity index (χ3n) is 5.47. The lowest BCUT2D eigenvalue weighted by Gasteiger charge is -2.11. The van der Waals surface area contributed by atoms with Crippen LogP contribution in [0.1, 0.15) is 136 Å². The van der Waals surface area contributed by atoms with Crippen LogP contribution in [0.4, 0.5) is 0 Å². The average Bonchev–Trinajstić information content (AvgIpc) is 2.69. The van der Waals surface area contributed by atoms with Gasteiger partial charge in [-0.05, 0) is 44.4 Å². The first-order valence-electron chi connectivity index (χ1n) is 12.5. The molecule has 0 aliphatic heterocycles. The number of esters is 1. The standard InChI is InChI=1S/C26H50O2/c1-4-6-8-9-10-11-12-13-14-15-16-17-18-19-21-23-26(27)28-24-25(3)22-20-7-5-2/h13-14,25H,4-12,15-24H2,1-3H3/b14-13-. The van der Waals surface area contributed by atoms with Crippen LogP contribution in [0.25, 0.3) is 0 Å². The van der Waals surface area contributed by atoms with Crippen LogP contribution in [0.15, 0.2) is 12.2 Å². The largest absolute Gasteiger partial charge is 0.465 e. The first-order chi connectivity index (χ1) is 13.7. The van der Waals surface area contributed by atoms with Gasteiger partial charge in [0.05, 0.1) is 6.61 Å². The zero-order valence-electron chi connectivity index (χ0n) is 19.5. The minimum Gasteiger partial charge on any atom is -0.465 e. The molecule has 0 aromatic carbocycles. The predicted molar refractivity (Wildman–Crippen MR) is 124 cm³/mol. The Labute approximate surface area is 176 Å². The molecule has 0 aromatic rings. The number of ether oxygens (including phenoxy) is 1. The van der Waals surface area contributed by atoms with Crippen molar-refractivity contribution in [2.45, 2.75) is 136 Å². The molecule has 166 valence electrons. The maximum absolute atomic E-state index is 11.8. The number of hydrogen-bond acceptors (Lipinski definition) is 2. The van der Waals surface area contributed by atoms with Crippen LogP contribution >= 0.6 is 0 Å². The first kappa shape index (κ1) is 27.2. The lowest BCUT2D eigenvalue weighted by atomic mass is 10.0. The molecule has 0 fully saturated rings. The van der Waals surface area contributed by atoms with Crippen LogP contribution in [-0.4, -0.2) is 12.6 Å². The molecule has 0 rings (SSSR count). The highest BCUT2D eigenvalue weighted by Gasteiger charge is 2.07. The molecule has 1 atom stereocenters. The Morgan fingerprint density at radius 1 is 0.714 bits per heavy atom. The summed E-state index contributed by atoms with van der Waals surface area (Å²) in [5, 5.41) is 0. The summed E-state index contributed by atoms with van der Waals surface area (Å²) in [4.78, 5) is 11.8. The maximum Gasteiger partial charge on any atom is 0.305 e. The van der Waals surface area contributed by atoms with Gasteiger partial charge in [-0.3, -0.25) is 4.79 Å². The fourth-order valence-corrected chi connectivity index (χ4v) is 3.47. The van der Waals surface area contributed by atoms with Crippen LogP contribution in [0.3, 0.4) is 0 Å². The lowest BCUT2D eigenvalue weighted by molar-refractivity contribution is -0.145. The number of rotatable bonds is 21. The molecule has 2 heteroatoms. The van der Waals surface area contributed by atoms with Crippen molar-refractivity contribution >= 4 is 5.97 Å². The van der Waals surface area contributed by atoms with Crippen molar-refractivity contribution in [3.8, 4) is 0 Å². The molecule has 0 bridgehead atoms. The van der Waals surface area contributed by atoms with E-state index in [1.807, 2.05) is 0 Å². The molecule has 2 nitrogen and oxygen atoms in total. The van der Waals surface area contributed by atoms with E-state index in [2.05, 4.69) is 32.9 Å². The van der Waals surface area contributed by atoms with Crippen molar-refractivity contribution in [2.24, 2.45) is 5.92 Å². The van der Waals surface area contributed by atoms with Gasteiger partial charge < -0.3 is 4.74 Å². The van der Waals surface area contributed by atoms with Crippen molar-refractivity contribution in [1.29, 1.82) is 0 Å². The quantitative estimate of drug-likeness (QED) is 0.110. The van der Waals surface area contributed by atoms with Gasteiger partial charge in [0.25, 0.3) is 0 Å². The van der Waals surface area contributed by atoms with E-state index in [1.54, 1.807) is 0 Å². The van der Waals surface area contributed by atoms with Gasteiger partial charge in [0.1, 0.15) is 0 Å². The molecular formula is C26H50O2. The molecule has 0 N–H and O–H groups in total. The molecule has 0 aliphatic carbocycles. The van der Waals surface area contributed by atoms with Gasteiger partial charge in [0.2, 0.25) is 0 Å². The third-order valence-corrected chi connectivity index (χ3v) is 5.47. The van der Waals surface area contributed by atoms with E-state index < -0.39 is 0 Å². The second kappa shape index (κ2) is 22.5. The van der Waals surface area contributed by atoms with Gasteiger partial charge in [-0.15, -0.1) is 0 Å². The zero-order valence-corrected chi connectivity index (χ0v) is 19.5. The van der Waals surface area contributed by atoms with Crippen molar-refractivity contribution in [2.75, 3.05) is 6.61 Å². The summed E-state index contributed by atoms with van der Waals surface area (Å²) >= 11 is 0. The normalized spacial score (nSPS) is 12.5. The van der Waals surface area contributed by atoms with E-state index in [4.69, 9.17) is 4.74 Å². The maximum atomic E-state index is 11.8. The minimum atomic E-state index is -0.0000287. The summed E-state index contributed by atoms with van der Waals surface area (Å²) in [5.74, 6) is 0.504. The lowest BCUT2D eigenvalue weighted by Crippen LogP contribution is -2.11. The smallest absolute Gasteiger partial charge is 0.305 e. The Bertz CT molecular complexity index is 348. The average molecular weight is 395 g/mol. The van der Waals surface area contributed by atoms with E-state index in [-0.39, 0.29) is 5.97 Å². The first-order valence-corrected chi connectivity index (χ1v) is 12.5. The fraction of sp³-hybridized carbons (Fsp3) is 0.885. The fourth-order valence-electron chi connectivity index (χ4n) is 3.47. The van der Waals surface area contributed by atoms with Gasteiger partial charge in [-0.25, -0.2) is 0 Å². The number of unbranched alkanes of at least 4 members (excludes halogenated alkanes) is 13. The van der Waals surface area contributed by atoms with E-state index in [1.165, 1.54) is 96.3 Å². The summed E-state index contributed by atoms with van der Waals surface area (Å²) in [5.41, 5.74) is 0. The van der Waals surface area contributed by atoms with Crippen molar-refractivity contribution in [3.05, 3.63) is 12.2 Å². The molecule has 1 unspecified atom stereocenters. The SMILES string of the molecule is CCCCCCCC/C=C\CCCCCCCC(=O)OCC(C)CCCCC. The van der Waals surface area contributed by atoms with Crippen molar-refractivity contribution < 1.29 is 9.53 Å². The van der Waals surface area contributed by atoms with Crippen LogP contribution in [-0.2, 0) is 9.53 Å². The summed E-state index contributed by atoms with van der Waals surface area (Å²) < 4.78 is 5.41. The number of carbonyl (C=O) groups is 1. The van der Waals surface area contributed by atoms with Gasteiger partial charge >= 0.3 is 5.97 Å². The molecule has 0 heterocycles. The van der Waals surface area contributed by atoms with Gasteiger partial charge in [-0.1, -0.05) is 104 Å². The van der Waals surface area contributed by atoms with Crippen LogP contribution in [0.5, 0.6) is 0 Å².